The van der Waals surface area contributed by atoms with Gasteiger partial charge in [0.05, 0.1) is 18.6 Å². The highest BCUT2D eigenvalue weighted by molar-refractivity contribution is 6.33. The summed E-state index contributed by atoms with van der Waals surface area (Å²) in [5, 5.41) is 3.73. The summed E-state index contributed by atoms with van der Waals surface area (Å²) < 4.78 is 11.4. The molecule has 5 heteroatoms. The summed E-state index contributed by atoms with van der Waals surface area (Å²) in [6.07, 6.45) is 2.10. The molecule has 19 heavy (non-hydrogen) atoms. The second-order valence-electron chi connectivity index (χ2n) is 5.09. The van der Waals surface area contributed by atoms with Crippen LogP contribution in [0.3, 0.4) is 0 Å². The summed E-state index contributed by atoms with van der Waals surface area (Å²) in [7, 11) is 1.52. The highest BCUT2D eigenvalue weighted by atomic mass is 35.5. The first-order valence-electron chi connectivity index (χ1n) is 6.45. The van der Waals surface area contributed by atoms with Crippen LogP contribution < -0.4 is 14.8 Å². The van der Waals surface area contributed by atoms with Crippen molar-refractivity contribution in [2.75, 3.05) is 20.2 Å². The van der Waals surface area contributed by atoms with E-state index in [-0.39, 0.29) is 11.4 Å². The number of hydrogen-bond donors (Lipinski definition) is 1. The molecule has 0 radical (unpaired) electrons. The Kier molecular flexibility index (Phi) is 3.15. The highest BCUT2D eigenvalue weighted by Crippen LogP contribution is 2.44. The van der Waals surface area contributed by atoms with Crippen molar-refractivity contribution >= 4 is 17.4 Å². The molecule has 4 nitrogen and oxygen atoms in total. The summed E-state index contributed by atoms with van der Waals surface area (Å²) in [5.74, 6) is 1.08. The SMILES string of the molecule is COc1c(Cl)ccc2c1C(=O)CC1(CCNCC1)O2. The Morgan fingerprint density at radius 1 is 1.37 bits per heavy atom. The number of halogens is 1. The molecule has 3 rings (SSSR count). The van der Waals surface area contributed by atoms with Crippen LogP contribution in [0.15, 0.2) is 12.1 Å². The molecular formula is C14H16ClNO3. The van der Waals surface area contributed by atoms with Gasteiger partial charge in [0.2, 0.25) is 0 Å². The molecule has 0 aliphatic carbocycles. The van der Waals surface area contributed by atoms with E-state index in [2.05, 4.69) is 5.32 Å². The van der Waals surface area contributed by atoms with E-state index in [4.69, 9.17) is 21.1 Å². The van der Waals surface area contributed by atoms with Gasteiger partial charge in [-0.3, -0.25) is 4.79 Å². The van der Waals surface area contributed by atoms with E-state index in [9.17, 15) is 4.79 Å². The van der Waals surface area contributed by atoms with Gasteiger partial charge in [0, 0.05) is 12.8 Å². The number of carbonyl (C=O) groups excluding carboxylic acids is 1. The maximum atomic E-state index is 12.5. The Hall–Kier alpha value is -1.26. The van der Waals surface area contributed by atoms with Crippen molar-refractivity contribution in [1.82, 2.24) is 5.32 Å². The number of ether oxygens (including phenoxy) is 2. The van der Waals surface area contributed by atoms with Gasteiger partial charge in [0.1, 0.15) is 16.9 Å². The van der Waals surface area contributed by atoms with Gasteiger partial charge < -0.3 is 14.8 Å². The Morgan fingerprint density at radius 3 is 2.79 bits per heavy atom. The quantitative estimate of drug-likeness (QED) is 0.859. The van der Waals surface area contributed by atoms with Crippen LogP contribution in [0, 0.1) is 0 Å². The third-order valence-corrected chi connectivity index (χ3v) is 4.18. The lowest BCUT2D eigenvalue weighted by Gasteiger charge is -2.41. The molecule has 1 aromatic carbocycles. The standard InChI is InChI=1S/C14H16ClNO3/c1-18-13-9(15)2-3-11-12(13)10(17)8-14(19-11)4-6-16-7-5-14/h2-3,16H,4-8H2,1H3. The number of benzene rings is 1. The molecule has 0 amide bonds. The summed E-state index contributed by atoms with van der Waals surface area (Å²) in [6.45, 7) is 1.76. The zero-order chi connectivity index (χ0) is 13.5. The number of rotatable bonds is 1. The predicted octanol–water partition coefficient (Wildman–Crippen LogP) is 2.44. The van der Waals surface area contributed by atoms with E-state index in [1.54, 1.807) is 12.1 Å². The number of methoxy groups -OCH3 is 1. The maximum Gasteiger partial charge on any atom is 0.174 e. The molecule has 0 atom stereocenters. The van der Waals surface area contributed by atoms with Crippen molar-refractivity contribution < 1.29 is 14.3 Å². The van der Waals surface area contributed by atoms with Crippen LogP contribution in [0.5, 0.6) is 11.5 Å². The van der Waals surface area contributed by atoms with E-state index >= 15 is 0 Å². The Balaban J connectivity index is 2.03. The number of carbonyl (C=O) groups is 1. The largest absolute Gasteiger partial charge is 0.494 e. The summed E-state index contributed by atoms with van der Waals surface area (Å²) in [6, 6.07) is 3.48. The second kappa shape index (κ2) is 4.69. The van der Waals surface area contributed by atoms with Gasteiger partial charge in [0.15, 0.2) is 11.5 Å². The summed E-state index contributed by atoms with van der Waals surface area (Å²) >= 11 is 6.06. The van der Waals surface area contributed by atoms with E-state index in [1.165, 1.54) is 7.11 Å². The second-order valence-corrected chi connectivity index (χ2v) is 5.50. The lowest BCUT2D eigenvalue weighted by Crippen LogP contribution is -2.49. The Morgan fingerprint density at radius 2 is 2.11 bits per heavy atom. The molecule has 0 unspecified atom stereocenters. The lowest BCUT2D eigenvalue weighted by atomic mass is 9.83. The minimum absolute atomic E-state index is 0.0579. The van der Waals surface area contributed by atoms with Gasteiger partial charge in [-0.25, -0.2) is 0 Å². The molecule has 0 bridgehead atoms. The fourth-order valence-corrected chi connectivity index (χ4v) is 3.13. The van der Waals surface area contributed by atoms with Gasteiger partial charge >= 0.3 is 0 Å². The van der Waals surface area contributed by atoms with Crippen LogP contribution in [0.4, 0.5) is 0 Å². The topological polar surface area (TPSA) is 47.6 Å². The Labute approximate surface area is 117 Å². The molecule has 1 saturated heterocycles. The average Bonchev–Trinajstić information content (AvgIpc) is 2.40. The number of fused-ring (bicyclic) bond motifs is 1. The van der Waals surface area contributed by atoms with Gasteiger partial charge in [-0.05, 0) is 25.2 Å². The molecule has 2 aliphatic rings. The van der Waals surface area contributed by atoms with E-state index in [0.717, 1.165) is 25.9 Å². The van der Waals surface area contributed by atoms with Crippen molar-refractivity contribution in [1.29, 1.82) is 0 Å². The molecule has 2 heterocycles. The average molecular weight is 282 g/mol. The monoisotopic (exact) mass is 281 g/mol. The van der Waals surface area contributed by atoms with Crippen LogP contribution in [0.25, 0.3) is 0 Å². The van der Waals surface area contributed by atoms with Crippen molar-refractivity contribution in [3.63, 3.8) is 0 Å². The van der Waals surface area contributed by atoms with Gasteiger partial charge in [-0.2, -0.15) is 0 Å². The zero-order valence-electron chi connectivity index (χ0n) is 10.8. The van der Waals surface area contributed by atoms with Crippen molar-refractivity contribution in [2.24, 2.45) is 0 Å². The normalized spacial score (nSPS) is 20.8. The number of nitrogens with one attached hydrogen (secondary N) is 1. The van der Waals surface area contributed by atoms with Crippen LogP contribution in [-0.2, 0) is 0 Å². The summed E-state index contributed by atoms with van der Waals surface area (Å²) in [4.78, 5) is 12.5. The van der Waals surface area contributed by atoms with Crippen LogP contribution in [0.2, 0.25) is 5.02 Å². The Bertz CT molecular complexity index is 524. The molecule has 1 N–H and O–H groups in total. The number of Topliss-reactive ketones (excluding diaryl/α,β-unsaturated/α-hetero) is 1. The van der Waals surface area contributed by atoms with Crippen LogP contribution in [0.1, 0.15) is 29.6 Å². The third kappa shape index (κ3) is 2.09. The van der Waals surface area contributed by atoms with Crippen molar-refractivity contribution in [2.45, 2.75) is 24.9 Å². The molecule has 1 aromatic rings. The number of piperidine rings is 1. The first-order valence-corrected chi connectivity index (χ1v) is 6.82. The first-order chi connectivity index (χ1) is 9.15. The van der Waals surface area contributed by atoms with Crippen molar-refractivity contribution in [3.8, 4) is 11.5 Å². The van der Waals surface area contributed by atoms with Crippen molar-refractivity contribution in [3.05, 3.63) is 22.7 Å². The number of ketones is 1. The molecular weight excluding hydrogens is 266 g/mol. The maximum absolute atomic E-state index is 12.5. The number of hydrogen-bond acceptors (Lipinski definition) is 4. The van der Waals surface area contributed by atoms with Crippen LogP contribution in [-0.4, -0.2) is 31.6 Å². The molecule has 1 fully saturated rings. The van der Waals surface area contributed by atoms with Crippen LogP contribution >= 0.6 is 11.6 Å². The lowest BCUT2D eigenvalue weighted by molar-refractivity contribution is 0.0183. The first kappa shape index (κ1) is 12.8. The van der Waals surface area contributed by atoms with E-state index < -0.39 is 0 Å². The fraction of sp³-hybridized carbons (Fsp3) is 0.500. The minimum atomic E-state index is -0.353. The van der Waals surface area contributed by atoms with E-state index in [0.29, 0.717) is 28.5 Å². The van der Waals surface area contributed by atoms with Gasteiger partial charge in [0.25, 0.3) is 0 Å². The predicted molar refractivity (Wildman–Crippen MR) is 72.4 cm³/mol. The molecule has 2 aliphatic heterocycles. The highest BCUT2D eigenvalue weighted by Gasteiger charge is 2.42. The minimum Gasteiger partial charge on any atom is -0.494 e. The summed E-state index contributed by atoms with van der Waals surface area (Å²) in [5.41, 5.74) is 0.132. The smallest absolute Gasteiger partial charge is 0.174 e. The third-order valence-electron chi connectivity index (χ3n) is 3.88. The van der Waals surface area contributed by atoms with Gasteiger partial charge in [-0.1, -0.05) is 11.6 Å². The zero-order valence-corrected chi connectivity index (χ0v) is 11.5. The molecule has 0 aromatic heterocycles. The fourth-order valence-electron chi connectivity index (χ4n) is 2.90. The van der Waals surface area contributed by atoms with E-state index in [1.807, 2.05) is 0 Å². The molecule has 1 spiro atoms. The molecule has 102 valence electrons. The van der Waals surface area contributed by atoms with Gasteiger partial charge in [-0.15, -0.1) is 0 Å². The molecule has 0 saturated carbocycles.